The number of carbonyl (C=O) groups is 1. The third kappa shape index (κ3) is 5.77. The van der Waals surface area contributed by atoms with E-state index in [1.165, 1.54) is 6.08 Å². The maximum Gasteiger partial charge on any atom is 0.332 e. The first-order valence-electron chi connectivity index (χ1n) is 4.19. The lowest BCUT2D eigenvalue weighted by atomic mass is 10.4. The van der Waals surface area contributed by atoms with Gasteiger partial charge in [0.25, 0.3) is 0 Å². The number of allylic oxidation sites excluding steroid dienone is 1. The van der Waals surface area contributed by atoms with E-state index in [9.17, 15) is 4.79 Å². The average Bonchev–Trinajstić information content (AvgIpc) is 1.84. The van der Waals surface area contributed by atoms with Gasteiger partial charge in [-0.3, -0.25) is 0 Å². The SMILES string of the molecule is CCN/C(C)=C\C(=O)OC(C)C. The summed E-state index contributed by atoms with van der Waals surface area (Å²) in [6.07, 6.45) is 1.41. The Morgan fingerprint density at radius 2 is 2.17 bits per heavy atom. The molecule has 0 heterocycles. The van der Waals surface area contributed by atoms with Gasteiger partial charge in [0.2, 0.25) is 0 Å². The quantitative estimate of drug-likeness (QED) is 0.514. The van der Waals surface area contributed by atoms with Crippen LogP contribution in [0.1, 0.15) is 27.7 Å². The molecule has 0 rings (SSSR count). The van der Waals surface area contributed by atoms with Crippen LogP contribution in [0.25, 0.3) is 0 Å². The smallest absolute Gasteiger partial charge is 0.332 e. The Hall–Kier alpha value is -0.990. The van der Waals surface area contributed by atoms with Crippen LogP contribution in [0.2, 0.25) is 0 Å². The van der Waals surface area contributed by atoms with Crippen LogP contribution in [0.15, 0.2) is 11.8 Å². The van der Waals surface area contributed by atoms with Crippen molar-refractivity contribution in [2.75, 3.05) is 6.54 Å². The molecule has 0 aliphatic rings. The lowest BCUT2D eigenvalue weighted by molar-refractivity contribution is -0.141. The Kier molecular flexibility index (Phi) is 5.17. The van der Waals surface area contributed by atoms with Gasteiger partial charge in [-0.05, 0) is 27.7 Å². The second-order valence-electron chi connectivity index (χ2n) is 2.84. The molecule has 0 saturated heterocycles. The van der Waals surface area contributed by atoms with Gasteiger partial charge in [-0.1, -0.05) is 0 Å². The first-order valence-corrected chi connectivity index (χ1v) is 4.19. The minimum atomic E-state index is -0.288. The number of esters is 1. The highest BCUT2D eigenvalue weighted by atomic mass is 16.5. The van der Waals surface area contributed by atoms with Crippen LogP contribution in [0.5, 0.6) is 0 Å². The molecule has 12 heavy (non-hydrogen) atoms. The fraction of sp³-hybridized carbons (Fsp3) is 0.667. The first kappa shape index (κ1) is 11.0. The molecule has 3 nitrogen and oxygen atoms in total. The fourth-order valence-corrected chi connectivity index (χ4v) is 0.773. The predicted octanol–water partition coefficient (Wildman–Crippen LogP) is 1.45. The molecule has 0 bridgehead atoms. The first-order chi connectivity index (χ1) is 5.56. The van der Waals surface area contributed by atoms with Crippen molar-refractivity contribution >= 4 is 5.97 Å². The summed E-state index contributed by atoms with van der Waals surface area (Å²) in [5, 5.41) is 3.01. The molecule has 0 aromatic heterocycles. The summed E-state index contributed by atoms with van der Waals surface area (Å²) in [5.74, 6) is -0.288. The van der Waals surface area contributed by atoms with E-state index in [4.69, 9.17) is 4.74 Å². The van der Waals surface area contributed by atoms with Gasteiger partial charge in [0.15, 0.2) is 0 Å². The van der Waals surface area contributed by atoms with Crippen LogP contribution < -0.4 is 5.32 Å². The highest BCUT2D eigenvalue weighted by Gasteiger charge is 2.00. The van der Waals surface area contributed by atoms with Crippen molar-refractivity contribution in [3.05, 3.63) is 11.8 Å². The zero-order valence-corrected chi connectivity index (χ0v) is 8.18. The topological polar surface area (TPSA) is 38.3 Å². The van der Waals surface area contributed by atoms with Gasteiger partial charge in [-0.15, -0.1) is 0 Å². The van der Waals surface area contributed by atoms with Crippen molar-refractivity contribution in [1.29, 1.82) is 0 Å². The Bertz CT molecular complexity index is 173. The van der Waals surface area contributed by atoms with Gasteiger partial charge in [-0.25, -0.2) is 4.79 Å². The van der Waals surface area contributed by atoms with E-state index in [1.54, 1.807) is 0 Å². The van der Waals surface area contributed by atoms with Crippen molar-refractivity contribution in [2.45, 2.75) is 33.8 Å². The van der Waals surface area contributed by atoms with E-state index in [-0.39, 0.29) is 12.1 Å². The lowest BCUT2D eigenvalue weighted by Gasteiger charge is -2.06. The van der Waals surface area contributed by atoms with E-state index in [0.29, 0.717) is 0 Å². The third-order valence-corrected chi connectivity index (χ3v) is 1.14. The minimum absolute atomic E-state index is 0.0526. The maximum absolute atomic E-state index is 11.0. The molecule has 0 atom stereocenters. The molecule has 0 unspecified atom stereocenters. The van der Waals surface area contributed by atoms with E-state index < -0.39 is 0 Å². The van der Waals surface area contributed by atoms with E-state index in [1.807, 2.05) is 27.7 Å². The van der Waals surface area contributed by atoms with Gasteiger partial charge in [0.05, 0.1) is 6.10 Å². The Labute approximate surface area is 73.8 Å². The number of hydrogen-bond donors (Lipinski definition) is 1. The zero-order chi connectivity index (χ0) is 9.56. The van der Waals surface area contributed by atoms with Crippen molar-refractivity contribution < 1.29 is 9.53 Å². The Morgan fingerprint density at radius 3 is 2.58 bits per heavy atom. The molecular weight excluding hydrogens is 154 g/mol. The summed E-state index contributed by atoms with van der Waals surface area (Å²) in [7, 11) is 0. The summed E-state index contributed by atoms with van der Waals surface area (Å²) < 4.78 is 4.91. The molecule has 0 amide bonds. The molecule has 0 spiro atoms. The molecule has 0 aliphatic heterocycles. The molecule has 1 N–H and O–H groups in total. The maximum atomic E-state index is 11.0. The lowest BCUT2D eigenvalue weighted by Crippen LogP contribution is -2.14. The van der Waals surface area contributed by atoms with Crippen LogP contribution in [-0.2, 0) is 9.53 Å². The number of hydrogen-bond acceptors (Lipinski definition) is 3. The Balaban J connectivity index is 3.88. The highest BCUT2D eigenvalue weighted by Crippen LogP contribution is 1.93. The van der Waals surface area contributed by atoms with E-state index in [0.717, 1.165) is 12.2 Å². The van der Waals surface area contributed by atoms with Crippen LogP contribution >= 0.6 is 0 Å². The molecular formula is C9H17NO2. The van der Waals surface area contributed by atoms with Gasteiger partial charge in [0, 0.05) is 18.3 Å². The normalized spacial score (nSPS) is 11.6. The van der Waals surface area contributed by atoms with Gasteiger partial charge < -0.3 is 10.1 Å². The number of carbonyl (C=O) groups excluding carboxylic acids is 1. The largest absolute Gasteiger partial charge is 0.460 e. The second kappa shape index (κ2) is 5.63. The van der Waals surface area contributed by atoms with Gasteiger partial charge in [0.1, 0.15) is 0 Å². The van der Waals surface area contributed by atoms with Crippen molar-refractivity contribution in [2.24, 2.45) is 0 Å². The molecule has 0 aromatic carbocycles. The van der Waals surface area contributed by atoms with Crippen LogP contribution in [0.4, 0.5) is 0 Å². The predicted molar refractivity (Wildman–Crippen MR) is 48.7 cm³/mol. The highest BCUT2D eigenvalue weighted by molar-refractivity contribution is 5.82. The third-order valence-electron chi connectivity index (χ3n) is 1.14. The molecule has 3 heteroatoms. The van der Waals surface area contributed by atoms with Crippen LogP contribution in [-0.4, -0.2) is 18.6 Å². The van der Waals surface area contributed by atoms with E-state index in [2.05, 4.69) is 5.32 Å². The molecule has 0 aromatic rings. The van der Waals surface area contributed by atoms with Crippen molar-refractivity contribution in [3.8, 4) is 0 Å². The second-order valence-corrected chi connectivity index (χ2v) is 2.84. The molecule has 0 radical (unpaired) electrons. The van der Waals surface area contributed by atoms with Crippen LogP contribution in [0, 0.1) is 0 Å². The van der Waals surface area contributed by atoms with Crippen LogP contribution in [0.3, 0.4) is 0 Å². The summed E-state index contributed by atoms with van der Waals surface area (Å²) in [5.41, 5.74) is 0.836. The molecule has 70 valence electrons. The fourth-order valence-electron chi connectivity index (χ4n) is 0.773. The summed E-state index contributed by atoms with van der Waals surface area (Å²) in [6, 6.07) is 0. The van der Waals surface area contributed by atoms with Crippen molar-refractivity contribution in [3.63, 3.8) is 0 Å². The summed E-state index contributed by atoms with van der Waals surface area (Å²) >= 11 is 0. The molecule has 0 saturated carbocycles. The zero-order valence-electron chi connectivity index (χ0n) is 8.18. The molecule has 0 aliphatic carbocycles. The monoisotopic (exact) mass is 171 g/mol. The minimum Gasteiger partial charge on any atom is -0.460 e. The van der Waals surface area contributed by atoms with Crippen molar-refractivity contribution in [1.82, 2.24) is 5.32 Å². The summed E-state index contributed by atoms with van der Waals surface area (Å²) in [4.78, 5) is 11.0. The molecule has 0 fully saturated rings. The number of ether oxygens (including phenoxy) is 1. The average molecular weight is 171 g/mol. The Morgan fingerprint density at radius 1 is 1.58 bits per heavy atom. The standard InChI is InChI=1S/C9H17NO2/c1-5-10-8(4)6-9(11)12-7(2)3/h6-7,10H,5H2,1-4H3/b8-6-. The number of rotatable bonds is 4. The van der Waals surface area contributed by atoms with Gasteiger partial charge in [-0.2, -0.15) is 0 Å². The van der Waals surface area contributed by atoms with E-state index >= 15 is 0 Å². The summed E-state index contributed by atoms with van der Waals surface area (Å²) in [6.45, 7) is 8.29. The van der Waals surface area contributed by atoms with Gasteiger partial charge >= 0.3 is 5.97 Å². The number of nitrogens with one attached hydrogen (secondary N) is 1.